The lowest BCUT2D eigenvalue weighted by molar-refractivity contribution is 0.280. The first-order chi connectivity index (χ1) is 9.08. The van der Waals surface area contributed by atoms with Gasteiger partial charge in [0.15, 0.2) is 0 Å². The largest absolute Gasteiger partial charge is 0.391 e. The molecule has 0 aliphatic rings. The molecule has 19 heavy (non-hydrogen) atoms. The lowest BCUT2D eigenvalue weighted by Crippen LogP contribution is -2.00. The van der Waals surface area contributed by atoms with E-state index in [1.165, 1.54) is 12.1 Å². The zero-order valence-corrected chi connectivity index (χ0v) is 11.7. The van der Waals surface area contributed by atoms with E-state index in [2.05, 4.69) is 5.10 Å². The molecule has 0 bridgehead atoms. The number of rotatable bonds is 4. The second kappa shape index (κ2) is 5.72. The Labute approximate surface area is 116 Å². The smallest absolute Gasteiger partial charge is 0.138 e. The summed E-state index contributed by atoms with van der Waals surface area (Å²) in [7, 11) is 0. The van der Waals surface area contributed by atoms with Crippen LogP contribution in [0.15, 0.2) is 18.2 Å². The van der Waals surface area contributed by atoms with Gasteiger partial charge in [0.1, 0.15) is 11.0 Å². The Kier molecular flexibility index (Phi) is 4.22. The van der Waals surface area contributed by atoms with Crippen LogP contribution in [0.2, 0.25) is 5.15 Å². The van der Waals surface area contributed by atoms with Gasteiger partial charge in [0, 0.05) is 5.56 Å². The third-order valence-corrected chi connectivity index (χ3v) is 3.42. The molecule has 0 aliphatic heterocycles. The zero-order chi connectivity index (χ0) is 14.0. The van der Waals surface area contributed by atoms with Crippen LogP contribution < -0.4 is 0 Å². The van der Waals surface area contributed by atoms with Crippen molar-refractivity contribution in [1.29, 1.82) is 0 Å². The second-order valence-electron chi connectivity index (χ2n) is 4.47. The Bertz CT molecular complexity index is 595. The number of benzene rings is 1. The molecule has 0 saturated carbocycles. The van der Waals surface area contributed by atoms with Gasteiger partial charge >= 0.3 is 0 Å². The van der Waals surface area contributed by atoms with Crippen molar-refractivity contribution in [1.82, 2.24) is 9.78 Å². The summed E-state index contributed by atoms with van der Waals surface area (Å²) in [5.41, 5.74) is 2.91. The molecule has 0 saturated heterocycles. The van der Waals surface area contributed by atoms with Crippen LogP contribution in [0.5, 0.6) is 0 Å². The van der Waals surface area contributed by atoms with E-state index in [9.17, 15) is 9.50 Å². The Morgan fingerprint density at radius 1 is 1.42 bits per heavy atom. The van der Waals surface area contributed by atoms with Crippen molar-refractivity contribution in [3.63, 3.8) is 0 Å². The normalized spacial score (nSPS) is 11.0. The number of halogens is 2. The molecular formula is C14H16ClFN2O. The van der Waals surface area contributed by atoms with Crippen molar-refractivity contribution < 1.29 is 9.50 Å². The van der Waals surface area contributed by atoms with Gasteiger partial charge in [-0.3, -0.25) is 0 Å². The molecule has 5 heteroatoms. The minimum absolute atomic E-state index is 0.144. The molecule has 1 aromatic carbocycles. The van der Waals surface area contributed by atoms with Crippen molar-refractivity contribution in [2.24, 2.45) is 0 Å². The number of hydrogen-bond acceptors (Lipinski definition) is 2. The Morgan fingerprint density at radius 2 is 2.16 bits per heavy atom. The van der Waals surface area contributed by atoms with E-state index in [-0.39, 0.29) is 12.4 Å². The van der Waals surface area contributed by atoms with E-state index in [0.717, 1.165) is 29.8 Å². The van der Waals surface area contributed by atoms with Gasteiger partial charge in [0.25, 0.3) is 0 Å². The quantitative estimate of drug-likeness (QED) is 0.933. The molecule has 0 fully saturated rings. The molecule has 2 rings (SSSR count). The summed E-state index contributed by atoms with van der Waals surface area (Å²) in [6.07, 6.45) is 1.67. The maximum absolute atomic E-state index is 13.1. The highest BCUT2D eigenvalue weighted by molar-refractivity contribution is 6.30. The summed E-state index contributed by atoms with van der Waals surface area (Å²) >= 11 is 6.26. The fraction of sp³-hybridized carbons (Fsp3) is 0.357. The number of aliphatic hydroxyl groups is 1. The van der Waals surface area contributed by atoms with Crippen LogP contribution in [0, 0.1) is 12.7 Å². The lowest BCUT2D eigenvalue weighted by Gasteiger charge is -2.07. The van der Waals surface area contributed by atoms with Crippen molar-refractivity contribution in [2.75, 3.05) is 0 Å². The monoisotopic (exact) mass is 282 g/mol. The summed E-state index contributed by atoms with van der Waals surface area (Å²) in [5, 5.41) is 14.2. The number of aliphatic hydroxyl groups excluding tert-OH is 1. The van der Waals surface area contributed by atoms with Crippen LogP contribution in [0.25, 0.3) is 5.69 Å². The van der Waals surface area contributed by atoms with Gasteiger partial charge in [-0.05, 0) is 37.1 Å². The molecule has 0 radical (unpaired) electrons. The number of hydrogen-bond donors (Lipinski definition) is 1. The van der Waals surface area contributed by atoms with Crippen molar-refractivity contribution in [3.05, 3.63) is 46.0 Å². The highest BCUT2D eigenvalue weighted by Crippen LogP contribution is 2.26. The molecule has 1 aromatic heterocycles. The Hall–Kier alpha value is -1.39. The van der Waals surface area contributed by atoms with Crippen molar-refractivity contribution >= 4 is 11.6 Å². The fourth-order valence-electron chi connectivity index (χ4n) is 2.08. The van der Waals surface area contributed by atoms with E-state index >= 15 is 0 Å². The predicted octanol–water partition coefficient (Wildman–Crippen LogP) is 3.42. The van der Waals surface area contributed by atoms with Crippen molar-refractivity contribution in [3.8, 4) is 5.69 Å². The van der Waals surface area contributed by atoms with Crippen LogP contribution in [-0.2, 0) is 13.0 Å². The van der Waals surface area contributed by atoms with E-state index in [1.54, 1.807) is 17.7 Å². The van der Waals surface area contributed by atoms with E-state index in [1.807, 2.05) is 6.92 Å². The topological polar surface area (TPSA) is 38.0 Å². The van der Waals surface area contributed by atoms with Crippen LogP contribution in [0.4, 0.5) is 4.39 Å². The van der Waals surface area contributed by atoms with Crippen LogP contribution in [0.1, 0.15) is 30.2 Å². The number of aromatic nitrogens is 2. The highest BCUT2D eigenvalue weighted by atomic mass is 35.5. The summed E-state index contributed by atoms with van der Waals surface area (Å²) in [5.74, 6) is -0.291. The van der Waals surface area contributed by atoms with Gasteiger partial charge in [0.2, 0.25) is 0 Å². The van der Waals surface area contributed by atoms with Gasteiger partial charge < -0.3 is 5.11 Å². The fourth-order valence-corrected chi connectivity index (χ4v) is 2.38. The maximum Gasteiger partial charge on any atom is 0.138 e. The SMILES string of the molecule is CCCc1nn(-c2ccc(F)cc2C)c(Cl)c1CO. The summed E-state index contributed by atoms with van der Waals surface area (Å²) in [6.45, 7) is 3.69. The molecule has 0 spiro atoms. The average molecular weight is 283 g/mol. The minimum Gasteiger partial charge on any atom is -0.391 e. The third kappa shape index (κ3) is 2.65. The predicted molar refractivity (Wildman–Crippen MR) is 73.2 cm³/mol. The molecule has 102 valence electrons. The Morgan fingerprint density at radius 3 is 2.74 bits per heavy atom. The molecule has 1 heterocycles. The minimum atomic E-state index is -0.291. The average Bonchev–Trinajstić information content (AvgIpc) is 2.66. The van der Waals surface area contributed by atoms with E-state index < -0.39 is 0 Å². The molecule has 0 amide bonds. The van der Waals surface area contributed by atoms with E-state index in [0.29, 0.717) is 10.7 Å². The zero-order valence-electron chi connectivity index (χ0n) is 11.0. The molecular weight excluding hydrogens is 267 g/mol. The molecule has 2 aromatic rings. The molecule has 1 N–H and O–H groups in total. The number of nitrogens with zero attached hydrogens (tertiary/aromatic N) is 2. The van der Waals surface area contributed by atoms with Crippen molar-refractivity contribution in [2.45, 2.75) is 33.3 Å². The first kappa shape index (κ1) is 14.0. The van der Waals surface area contributed by atoms with Crippen LogP contribution >= 0.6 is 11.6 Å². The lowest BCUT2D eigenvalue weighted by atomic mass is 10.2. The molecule has 0 unspecified atom stereocenters. The van der Waals surface area contributed by atoms with Gasteiger partial charge in [-0.2, -0.15) is 5.10 Å². The summed E-state index contributed by atoms with van der Waals surface area (Å²) in [4.78, 5) is 0. The Balaban J connectivity index is 2.56. The van der Waals surface area contributed by atoms with Gasteiger partial charge in [-0.25, -0.2) is 9.07 Å². The molecule has 3 nitrogen and oxygen atoms in total. The highest BCUT2D eigenvalue weighted by Gasteiger charge is 2.17. The first-order valence-corrected chi connectivity index (χ1v) is 6.60. The molecule has 0 aliphatic carbocycles. The number of aryl methyl sites for hydroxylation is 2. The van der Waals surface area contributed by atoms with Gasteiger partial charge in [-0.1, -0.05) is 24.9 Å². The maximum atomic E-state index is 13.1. The summed E-state index contributed by atoms with van der Waals surface area (Å²) in [6, 6.07) is 4.45. The first-order valence-electron chi connectivity index (χ1n) is 6.22. The van der Waals surface area contributed by atoms with Gasteiger partial charge in [0.05, 0.1) is 18.0 Å². The van der Waals surface area contributed by atoms with Crippen LogP contribution in [-0.4, -0.2) is 14.9 Å². The second-order valence-corrected chi connectivity index (χ2v) is 4.82. The third-order valence-electron chi connectivity index (χ3n) is 3.04. The van der Waals surface area contributed by atoms with Gasteiger partial charge in [-0.15, -0.1) is 0 Å². The summed E-state index contributed by atoms with van der Waals surface area (Å²) < 4.78 is 14.7. The standard InChI is InChI=1S/C14H16ClFN2O/c1-3-4-12-11(8-19)14(15)18(17-12)13-6-5-10(16)7-9(13)2/h5-7,19H,3-4,8H2,1-2H3. The van der Waals surface area contributed by atoms with E-state index in [4.69, 9.17) is 11.6 Å². The molecule has 0 atom stereocenters. The van der Waals surface area contributed by atoms with Crippen LogP contribution in [0.3, 0.4) is 0 Å².